The van der Waals surface area contributed by atoms with Crippen LogP contribution in [-0.4, -0.2) is 18.4 Å². The van der Waals surface area contributed by atoms with Crippen molar-refractivity contribution in [1.82, 2.24) is 5.32 Å². The van der Waals surface area contributed by atoms with Crippen LogP contribution in [0.2, 0.25) is 5.02 Å². The Morgan fingerprint density at radius 3 is 2.34 bits per heavy atom. The quantitative estimate of drug-likeness (QED) is 0.522. The summed E-state index contributed by atoms with van der Waals surface area (Å²) in [5, 5.41) is 9.41. The zero-order valence-electron chi connectivity index (χ0n) is 16.0. The molecule has 0 aliphatic carbocycles. The average Bonchev–Trinajstić information content (AvgIpc) is 2.74. The lowest BCUT2D eigenvalue weighted by Crippen LogP contribution is -2.26. The highest BCUT2D eigenvalue weighted by molar-refractivity contribution is 6.30. The van der Waals surface area contributed by atoms with Gasteiger partial charge in [0, 0.05) is 22.0 Å². The Bertz CT molecular complexity index is 975. The smallest absolute Gasteiger partial charge is 0.251 e. The monoisotopic (exact) mass is 407 g/mol. The lowest BCUT2D eigenvalue weighted by atomic mass is 10.1. The number of hydrogen-bond acceptors (Lipinski definition) is 3. The molecule has 0 saturated carbocycles. The predicted octanol–water partition coefficient (Wildman–Crippen LogP) is 4.88. The normalized spacial score (nSPS) is 11.4. The summed E-state index contributed by atoms with van der Waals surface area (Å²) in [7, 11) is 0. The third-order valence-electron chi connectivity index (χ3n) is 4.35. The zero-order valence-corrected chi connectivity index (χ0v) is 16.7. The Kier molecular flexibility index (Phi) is 6.87. The summed E-state index contributed by atoms with van der Waals surface area (Å²) in [6.45, 7) is 2.02. The van der Waals surface area contributed by atoms with Gasteiger partial charge in [0.25, 0.3) is 5.91 Å². The molecule has 0 fully saturated rings. The number of carbonyl (C=O) groups excluding carboxylic acids is 2. The first-order chi connectivity index (χ1) is 14.0. The standard InChI is InChI=1S/C23H22ClN3O2/c1-16(17-6-3-2-4-7-17)26-23(29)18-8-5-9-21(14-18)25-15-22(28)27-20-12-10-19(24)11-13-20/h2-14,16,25H,15H2,1H3,(H,26,29)(H,27,28). The predicted molar refractivity (Wildman–Crippen MR) is 117 cm³/mol. The fourth-order valence-corrected chi connectivity index (χ4v) is 2.92. The van der Waals surface area contributed by atoms with Crippen molar-refractivity contribution in [3.8, 4) is 0 Å². The first-order valence-electron chi connectivity index (χ1n) is 9.26. The fraction of sp³-hybridized carbons (Fsp3) is 0.130. The van der Waals surface area contributed by atoms with E-state index in [-0.39, 0.29) is 24.4 Å². The molecule has 2 amide bonds. The number of carbonyl (C=O) groups is 2. The Balaban J connectivity index is 1.55. The van der Waals surface area contributed by atoms with Gasteiger partial charge in [-0.15, -0.1) is 0 Å². The molecule has 3 aromatic rings. The van der Waals surface area contributed by atoms with Gasteiger partial charge >= 0.3 is 0 Å². The van der Waals surface area contributed by atoms with Crippen molar-refractivity contribution in [2.75, 3.05) is 17.2 Å². The molecule has 0 spiro atoms. The molecule has 0 aliphatic heterocycles. The van der Waals surface area contributed by atoms with Crippen molar-refractivity contribution >= 4 is 34.8 Å². The zero-order chi connectivity index (χ0) is 20.6. The van der Waals surface area contributed by atoms with Crippen molar-refractivity contribution in [3.63, 3.8) is 0 Å². The molecule has 5 nitrogen and oxygen atoms in total. The number of nitrogens with one attached hydrogen (secondary N) is 3. The summed E-state index contributed by atoms with van der Waals surface area (Å²) in [6, 6.07) is 23.6. The summed E-state index contributed by atoms with van der Waals surface area (Å²) in [4.78, 5) is 24.7. The van der Waals surface area contributed by atoms with Gasteiger partial charge in [0.1, 0.15) is 0 Å². The van der Waals surface area contributed by atoms with Gasteiger partial charge in [-0.2, -0.15) is 0 Å². The van der Waals surface area contributed by atoms with Crippen LogP contribution in [0.1, 0.15) is 28.9 Å². The van der Waals surface area contributed by atoms with E-state index in [4.69, 9.17) is 11.6 Å². The van der Waals surface area contributed by atoms with Gasteiger partial charge in [0.05, 0.1) is 12.6 Å². The number of amides is 2. The van der Waals surface area contributed by atoms with Crippen LogP contribution in [0.4, 0.5) is 11.4 Å². The molecule has 0 aliphatic rings. The second kappa shape index (κ2) is 9.75. The highest BCUT2D eigenvalue weighted by Gasteiger charge is 2.12. The van der Waals surface area contributed by atoms with Crippen LogP contribution in [0, 0.1) is 0 Å². The Morgan fingerprint density at radius 2 is 1.62 bits per heavy atom. The van der Waals surface area contributed by atoms with Crippen LogP contribution in [0.5, 0.6) is 0 Å². The topological polar surface area (TPSA) is 70.2 Å². The third-order valence-corrected chi connectivity index (χ3v) is 4.60. The van der Waals surface area contributed by atoms with E-state index in [0.717, 1.165) is 5.56 Å². The first-order valence-corrected chi connectivity index (χ1v) is 9.64. The molecular weight excluding hydrogens is 386 g/mol. The summed E-state index contributed by atoms with van der Waals surface area (Å²) in [6.07, 6.45) is 0. The largest absolute Gasteiger partial charge is 0.376 e. The second-order valence-electron chi connectivity index (χ2n) is 6.60. The lowest BCUT2D eigenvalue weighted by molar-refractivity contribution is -0.114. The van der Waals surface area contributed by atoms with Crippen LogP contribution < -0.4 is 16.0 Å². The van der Waals surface area contributed by atoms with Crippen LogP contribution in [0.25, 0.3) is 0 Å². The molecule has 6 heteroatoms. The number of rotatable bonds is 7. The molecule has 1 unspecified atom stereocenters. The van der Waals surface area contributed by atoms with Gasteiger partial charge in [0.2, 0.25) is 5.91 Å². The molecule has 3 rings (SSSR count). The summed E-state index contributed by atoms with van der Waals surface area (Å²) in [5.41, 5.74) is 2.92. The van der Waals surface area contributed by atoms with E-state index in [1.54, 1.807) is 42.5 Å². The third kappa shape index (κ3) is 6.09. The SMILES string of the molecule is CC(NC(=O)c1cccc(NCC(=O)Nc2ccc(Cl)cc2)c1)c1ccccc1. The van der Waals surface area contributed by atoms with Gasteiger partial charge < -0.3 is 16.0 Å². The lowest BCUT2D eigenvalue weighted by Gasteiger charge is -2.15. The van der Waals surface area contributed by atoms with E-state index >= 15 is 0 Å². The molecule has 0 bridgehead atoms. The van der Waals surface area contributed by atoms with Crippen LogP contribution in [0.15, 0.2) is 78.9 Å². The highest BCUT2D eigenvalue weighted by Crippen LogP contribution is 2.16. The molecule has 0 heterocycles. The maximum absolute atomic E-state index is 12.6. The molecule has 3 aromatic carbocycles. The Morgan fingerprint density at radius 1 is 0.897 bits per heavy atom. The summed E-state index contributed by atoms with van der Waals surface area (Å²) >= 11 is 5.84. The minimum Gasteiger partial charge on any atom is -0.376 e. The number of benzene rings is 3. The maximum atomic E-state index is 12.6. The average molecular weight is 408 g/mol. The van der Waals surface area contributed by atoms with Crippen molar-refractivity contribution in [2.24, 2.45) is 0 Å². The fourth-order valence-electron chi connectivity index (χ4n) is 2.80. The summed E-state index contributed by atoms with van der Waals surface area (Å²) < 4.78 is 0. The van der Waals surface area contributed by atoms with Crippen molar-refractivity contribution < 1.29 is 9.59 Å². The molecule has 29 heavy (non-hydrogen) atoms. The van der Waals surface area contributed by atoms with E-state index in [1.807, 2.05) is 43.3 Å². The Labute approximate surface area is 175 Å². The molecular formula is C23H22ClN3O2. The van der Waals surface area contributed by atoms with Crippen LogP contribution in [0.3, 0.4) is 0 Å². The van der Waals surface area contributed by atoms with Crippen molar-refractivity contribution in [1.29, 1.82) is 0 Å². The van der Waals surface area contributed by atoms with Crippen molar-refractivity contribution in [3.05, 3.63) is 95.0 Å². The summed E-state index contributed by atoms with van der Waals surface area (Å²) in [5.74, 6) is -0.365. The first kappa shape index (κ1) is 20.4. The Hall–Kier alpha value is -3.31. The van der Waals surface area contributed by atoms with Gasteiger partial charge in [-0.05, 0) is 55.0 Å². The van der Waals surface area contributed by atoms with Gasteiger partial charge in [-0.25, -0.2) is 0 Å². The van der Waals surface area contributed by atoms with E-state index in [2.05, 4.69) is 16.0 Å². The number of halogens is 1. The van der Waals surface area contributed by atoms with Gasteiger partial charge in [-0.1, -0.05) is 48.0 Å². The minimum atomic E-state index is -0.195. The van der Waals surface area contributed by atoms with E-state index in [0.29, 0.717) is 22.0 Å². The highest BCUT2D eigenvalue weighted by atomic mass is 35.5. The molecule has 148 valence electrons. The van der Waals surface area contributed by atoms with Gasteiger partial charge in [-0.3, -0.25) is 9.59 Å². The van der Waals surface area contributed by atoms with Crippen LogP contribution in [-0.2, 0) is 4.79 Å². The second-order valence-corrected chi connectivity index (χ2v) is 7.03. The van der Waals surface area contributed by atoms with Crippen LogP contribution >= 0.6 is 11.6 Å². The number of hydrogen-bond donors (Lipinski definition) is 3. The molecule has 1 atom stereocenters. The van der Waals surface area contributed by atoms with Gasteiger partial charge in [0.15, 0.2) is 0 Å². The molecule has 0 radical (unpaired) electrons. The minimum absolute atomic E-state index is 0.0775. The van der Waals surface area contributed by atoms with E-state index < -0.39 is 0 Å². The van der Waals surface area contributed by atoms with E-state index in [1.165, 1.54) is 0 Å². The molecule has 3 N–H and O–H groups in total. The van der Waals surface area contributed by atoms with Crippen molar-refractivity contribution in [2.45, 2.75) is 13.0 Å². The van der Waals surface area contributed by atoms with E-state index in [9.17, 15) is 9.59 Å². The molecule has 0 saturated heterocycles. The molecule has 0 aromatic heterocycles. The number of anilines is 2. The maximum Gasteiger partial charge on any atom is 0.251 e.